The highest BCUT2D eigenvalue weighted by molar-refractivity contribution is 5.76. The van der Waals surface area contributed by atoms with E-state index in [9.17, 15) is 9.59 Å². The van der Waals surface area contributed by atoms with Crippen LogP contribution in [0.25, 0.3) is 11.3 Å². The molecule has 0 spiro atoms. The Balaban J connectivity index is 1.49. The third-order valence-electron chi connectivity index (χ3n) is 4.87. The van der Waals surface area contributed by atoms with Gasteiger partial charge in [-0.25, -0.2) is 4.79 Å². The van der Waals surface area contributed by atoms with Gasteiger partial charge in [0.2, 0.25) is 5.91 Å². The Bertz CT molecular complexity index is 1020. The lowest BCUT2D eigenvalue weighted by Gasteiger charge is -2.28. The van der Waals surface area contributed by atoms with Crippen LogP contribution in [-0.4, -0.2) is 29.0 Å². The highest BCUT2D eigenvalue weighted by Crippen LogP contribution is 2.22. The first-order valence-electron chi connectivity index (χ1n) is 8.83. The molecule has 0 unspecified atom stereocenters. The normalized spacial score (nSPS) is 13.3. The molecule has 6 heteroatoms. The first-order valence-corrected chi connectivity index (χ1v) is 8.83. The summed E-state index contributed by atoms with van der Waals surface area (Å²) < 4.78 is 11.8. The van der Waals surface area contributed by atoms with Gasteiger partial charge in [-0.05, 0) is 41.8 Å². The second-order valence-corrected chi connectivity index (χ2v) is 6.55. The van der Waals surface area contributed by atoms with Crippen molar-refractivity contribution < 1.29 is 13.9 Å². The molecule has 0 fully saturated rings. The SMILES string of the molecule is COc1ccc(-c2cn(CC(=O)N3CCc4ccccc4C3)c(=O)o2)cc1. The van der Waals surface area contributed by atoms with E-state index in [0.717, 1.165) is 23.3 Å². The Morgan fingerprint density at radius 1 is 1.11 bits per heavy atom. The van der Waals surface area contributed by atoms with Gasteiger partial charge in [0.05, 0.1) is 13.3 Å². The molecule has 0 radical (unpaired) electrons. The van der Waals surface area contributed by atoms with Gasteiger partial charge in [-0.2, -0.15) is 0 Å². The van der Waals surface area contributed by atoms with E-state index in [-0.39, 0.29) is 12.5 Å². The number of carbonyl (C=O) groups is 1. The molecule has 0 bridgehead atoms. The number of hydrogen-bond donors (Lipinski definition) is 0. The maximum Gasteiger partial charge on any atom is 0.419 e. The van der Waals surface area contributed by atoms with Crippen LogP contribution in [0.15, 0.2) is 63.9 Å². The Hall–Kier alpha value is -3.28. The molecule has 1 amide bonds. The summed E-state index contributed by atoms with van der Waals surface area (Å²) in [7, 11) is 1.59. The van der Waals surface area contributed by atoms with Crippen LogP contribution in [0, 0.1) is 0 Å². The monoisotopic (exact) mass is 364 g/mol. The van der Waals surface area contributed by atoms with Gasteiger partial charge in [0.25, 0.3) is 0 Å². The zero-order valence-corrected chi connectivity index (χ0v) is 15.1. The predicted molar refractivity (Wildman–Crippen MR) is 101 cm³/mol. The largest absolute Gasteiger partial charge is 0.497 e. The fourth-order valence-corrected chi connectivity index (χ4v) is 3.33. The van der Waals surface area contributed by atoms with E-state index in [1.54, 1.807) is 30.3 Å². The third kappa shape index (κ3) is 3.51. The molecular formula is C21H20N2O4. The Kier molecular flexibility index (Phi) is 4.54. The molecule has 0 atom stereocenters. The fraction of sp³-hybridized carbons (Fsp3) is 0.238. The summed E-state index contributed by atoms with van der Waals surface area (Å²) in [6, 6.07) is 15.3. The van der Waals surface area contributed by atoms with E-state index in [0.29, 0.717) is 18.8 Å². The van der Waals surface area contributed by atoms with Crippen molar-refractivity contribution in [3.63, 3.8) is 0 Å². The standard InChI is InChI=1S/C21H20N2O4/c1-26-18-8-6-16(7-9-18)19-13-23(21(25)27-19)14-20(24)22-11-10-15-4-2-3-5-17(15)12-22/h2-9,13H,10-12,14H2,1H3. The smallest absolute Gasteiger partial charge is 0.419 e. The van der Waals surface area contributed by atoms with E-state index >= 15 is 0 Å². The van der Waals surface area contributed by atoms with Crippen LogP contribution in [0.4, 0.5) is 0 Å². The van der Waals surface area contributed by atoms with Crippen LogP contribution in [0.3, 0.4) is 0 Å². The van der Waals surface area contributed by atoms with Crippen LogP contribution in [0.2, 0.25) is 0 Å². The maximum atomic E-state index is 12.7. The molecule has 27 heavy (non-hydrogen) atoms. The average Bonchev–Trinajstić information content (AvgIpc) is 3.08. The number of ether oxygens (including phenoxy) is 1. The summed E-state index contributed by atoms with van der Waals surface area (Å²) in [5, 5.41) is 0. The Morgan fingerprint density at radius 2 is 1.85 bits per heavy atom. The van der Waals surface area contributed by atoms with Gasteiger partial charge >= 0.3 is 5.76 Å². The lowest BCUT2D eigenvalue weighted by Crippen LogP contribution is -2.39. The molecule has 3 aromatic rings. The zero-order chi connectivity index (χ0) is 18.8. The molecule has 2 aromatic carbocycles. The summed E-state index contributed by atoms with van der Waals surface area (Å²) in [5.41, 5.74) is 3.20. The topological polar surface area (TPSA) is 64.7 Å². The average molecular weight is 364 g/mol. The zero-order valence-electron chi connectivity index (χ0n) is 15.1. The van der Waals surface area contributed by atoms with E-state index in [4.69, 9.17) is 9.15 Å². The first-order chi connectivity index (χ1) is 13.1. The maximum absolute atomic E-state index is 12.7. The number of nitrogens with zero attached hydrogens (tertiary/aromatic N) is 2. The molecule has 0 aliphatic carbocycles. The summed E-state index contributed by atoms with van der Waals surface area (Å²) in [5.74, 6) is 0.529. The molecule has 1 aromatic heterocycles. The molecule has 1 aliphatic rings. The van der Waals surface area contributed by atoms with Gasteiger partial charge < -0.3 is 14.1 Å². The van der Waals surface area contributed by atoms with Crippen molar-refractivity contribution in [2.24, 2.45) is 0 Å². The van der Waals surface area contributed by atoms with Crippen molar-refractivity contribution in [1.82, 2.24) is 9.47 Å². The number of benzene rings is 2. The first kappa shape index (κ1) is 17.1. The lowest BCUT2D eigenvalue weighted by molar-refractivity contribution is -0.132. The molecule has 0 saturated carbocycles. The van der Waals surface area contributed by atoms with Crippen LogP contribution in [-0.2, 0) is 24.3 Å². The number of rotatable bonds is 4. The number of oxazole rings is 1. The van der Waals surface area contributed by atoms with Crippen molar-refractivity contribution in [2.45, 2.75) is 19.5 Å². The minimum atomic E-state index is -0.536. The summed E-state index contributed by atoms with van der Waals surface area (Å²) >= 11 is 0. The summed E-state index contributed by atoms with van der Waals surface area (Å²) in [6.45, 7) is 1.21. The van der Waals surface area contributed by atoms with Crippen molar-refractivity contribution in [3.8, 4) is 17.1 Å². The number of fused-ring (bicyclic) bond motifs is 1. The quantitative estimate of drug-likeness (QED) is 0.714. The molecule has 0 saturated heterocycles. The van der Waals surface area contributed by atoms with E-state index in [1.165, 1.54) is 10.1 Å². The van der Waals surface area contributed by atoms with Gasteiger partial charge in [-0.1, -0.05) is 24.3 Å². The van der Waals surface area contributed by atoms with Crippen LogP contribution in [0.1, 0.15) is 11.1 Å². The molecule has 138 valence electrons. The van der Waals surface area contributed by atoms with Gasteiger partial charge in [0.1, 0.15) is 12.3 Å². The van der Waals surface area contributed by atoms with Gasteiger partial charge in [0, 0.05) is 18.7 Å². The number of amides is 1. The van der Waals surface area contributed by atoms with Crippen molar-refractivity contribution in [2.75, 3.05) is 13.7 Å². The number of methoxy groups -OCH3 is 1. The Labute approximate surface area is 156 Å². The van der Waals surface area contributed by atoms with Gasteiger partial charge in [-0.3, -0.25) is 9.36 Å². The highest BCUT2D eigenvalue weighted by Gasteiger charge is 2.21. The Morgan fingerprint density at radius 3 is 2.59 bits per heavy atom. The lowest BCUT2D eigenvalue weighted by atomic mass is 10.00. The fourth-order valence-electron chi connectivity index (χ4n) is 3.33. The molecule has 4 rings (SSSR count). The number of hydrogen-bond acceptors (Lipinski definition) is 4. The molecule has 0 N–H and O–H groups in total. The molecule has 1 aliphatic heterocycles. The number of aromatic nitrogens is 1. The summed E-state index contributed by atoms with van der Waals surface area (Å²) in [4.78, 5) is 26.6. The van der Waals surface area contributed by atoms with E-state index < -0.39 is 5.76 Å². The van der Waals surface area contributed by atoms with Gasteiger partial charge in [0.15, 0.2) is 5.76 Å². The minimum Gasteiger partial charge on any atom is -0.497 e. The van der Waals surface area contributed by atoms with E-state index in [2.05, 4.69) is 6.07 Å². The third-order valence-corrected chi connectivity index (χ3v) is 4.87. The second kappa shape index (κ2) is 7.15. The summed E-state index contributed by atoms with van der Waals surface area (Å²) in [6.07, 6.45) is 2.42. The molecule has 6 nitrogen and oxygen atoms in total. The molecular weight excluding hydrogens is 344 g/mol. The minimum absolute atomic E-state index is 0.0271. The van der Waals surface area contributed by atoms with Crippen molar-refractivity contribution >= 4 is 5.91 Å². The van der Waals surface area contributed by atoms with Crippen molar-refractivity contribution in [1.29, 1.82) is 0 Å². The highest BCUT2D eigenvalue weighted by atomic mass is 16.5. The predicted octanol–water partition coefficient (Wildman–Crippen LogP) is 2.70. The second-order valence-electron chi connectivity index (χ2n) is 6.55. The van der Waals surface area contributed by atoms with Gasteiger partial charge in [-0.15, -0.1) is 0 Å². The van der Waals surface area contributed by atoms with Crippen molar-refractivity contribution in [3.05, 3.63) is 76.4 Å². The van der Waals surface area contributed by atoms with Crippen LogP contribution >= 0.6 is 0 Å². The number of carbonyl (C=O) groups excluding carboxylic acids is 1. The van der Waals surface area contributed by atoms with Crippen LogP contribution in [0.5, 0.6) is 5.75 Å². The van der Waals surface area contributed by atoms with Crippen LogP contribution < -0.4 is 10.5 Å². The molecule has 2 heterocycles. The van der Waals surface area contributed by atoms with E-state index in [1.807, 2.05) is 30.3 Å².